The number of ether oxygens (including phenoxy) is 1. The minimum atomic E-state index is -0.885. The lowest BCUT2D eigenvalue weighted by Crippen LogP contribution is -2.18. The van der Waals surface area contributed by atoms with Crippen molar-refractivity contribution in [3.05, 3.63) is 112 Å². The smallest absolute Gasteiger partial charge is 0.441 e. The summed E-state index contributed by atoms with van der Waals surface area (Å²) in [6.45, 7) is 1.20. The molecule has 2 heterocycles. The summed E-state index contributed by atoms with van der Waals surface area (Å²) < 4.78 is 14.9. The van der Waals surface area contributed by atoms with Crippen LogP contribution < -0.4 is 16.5 Å². The average molecular weight is 547 g/mol. The van der Waals surface area contributed by atoms with Gasteiger partial charge in [0.05, 0.1) is 22.7 Å². The molecule has 200 valence electrons. The molecule has 0 saturated carbocycles. The van der Waals surface area contributed by atoms with Crippen LogP contribution in [0.2, 0.25) is 0 Å². The molecule has 10 nitrogen and oxygen atoms in total. The highest BCUT2D eigenvalue weighted by molar-refractivity contribution is 7.99. The van der Waals surface area contributed by atoms with Crippen LogP contribution in [-0.4, -0.2) is 29.7 Å². The molecule has 0 atom stereocenters. The van der Waals surface area contributed by atoms with E-state index < -0.39 is 11.9 Å². The number of aromatic nitrogens is 1. The fraction of sp³-hybridized carbons (Fsp3) is 0.107. The van der Waals surface area contributed by atoms with Crippen LogP contribution in [0.4, 0.5) is 10.5 Å². The first-order valence-corrected chi connectivity index (χ1v) is 12.5. The van der Waals surface area contributed by atoms with E-state index in [0.29, 0.717) is 32.3 Å². The number of carbonyl (C=O) groups excluding carboxylic acids is 2. The number of hydrogen-bond acceptors (Lipinski definition) is 9. The summed E-state index contributed by atoms with van der Waals surface area (Å²) in [4.78, 5) is 41.9. The van der Waals surface area contributed by atoms with Gasteiger partial charge in [-0.2, -0.15) is 0 Å². The summed E-state index contributed by atoms with van der Waals surface area (Å²) in [6, 6.07) is 17.8. The Morgan fingerprint density at radius 3 is 2.62 bits per heavy atom. The molecule has 0 spiro atoms. The number of hydrogen-bond donors (Lipinski definition) is 3. The molecule has 39 heavy (non-hydrogen) atoms. The van der Waals surface area contributed by atoms with Crippen LogP contribution in [0.1, 0.15) is 34.6 Å². The van der Waals surface area contributed by atoms with Crippen molar-refractivity contribution in [3.63, 3.8) is 0 Å². The normalized spacial score (nSPS) is 10.8. The van der Waals surface area contributed by atoms with Crippen molar-refractivity contribution in [2.45, 2.75) is 23.3 Å². The zero-order chi connectivity index (χ0) is 27.8. The van der Waals surface area contributed by atoms with E-state index in [0.717, 1.165) is 0 Å². The quantitative estimate of drug-likeness (QED) is 0.232. The molecule has 0 saturated heterocycles. The first-order valence-electron chi connectivity index (χ1n) is 11.7. The lowest BCUT2D eigenvalue weighted by Gasteiger charge is -2.14. The van der Waals surface area contributed by atoms with Gasteiger partial charge in [-0.25, -0.2) is 9.59 Å². The van der Waals surface area contributed by atoms with Crippen LogP contribution in [0, 0.1) is 12.3 Å². The highest BCUT2D eigenvalue weighted by Crippen LogP contribution is 2.33. The summed E-state index contributed by atoms with van der Waals surface area (Å²) >= 11 is 1.33. The number of nitrogens with one attached hydrogen (secondary N) is 3. The van der Waals surface area contributed by atoms with Gasteiger partial charge >= 0.3 is 11.9 Å². The lowest BCUT2D eigenvalue weighted by molar-refractivity contribution is 0.0960. The molecule has 2 aromatic carbocycles. The van der Waals surface area contributed by atoms with E-state index in [-0.39, 0.29) is 31.2 Å². The molecule has 0 radical (unpaired) electrons. The Labute approximate surface area is 229 Å². The third-order valence-corrected chi connectivity index (χ3v) is 6.45. The molecule has 11 heteroatoms. The van der Waals surface area contributed by atoms with E-state index in [1.54, 1.807) is 67.9 Å². The Morgan fingerprint density at radius 2 is 1.90 bits per heavy atom. The fourth-order valence-electron chi connectivity index (χ4n) is 3.45. The summed E-state index contributed by atoms with van der Waals surface area (Å²) in [5.41, 5.74) is 2.03. The van der Waals surface area contributed by atoms with Gasteiger partial charge in [0.15, 0.2) is 18.1 Å². The van der Waals surface area contributed by atoms with E-state index >= 15 is 0 Å². The van der Waals surface area contributed by atoms with E-state index in [1.165, 1.54) is 18.7 Å². The topological polar surface area (TPSA) is 148 Å². The summed E-state index contributed by atoms with van der Waals surface area (Å²) in [7, 11) is 1.56. The van der Waals surface area contributed by atoms with Crippen LogP contribution in [-0.2, 0) is 11.3 Å². The number of nitrogens with zero attached hydrogens (tertiary/aromatic N) is 1. The van der Waals surface area contributed by atoms with Gasteiger partial charge in [0, 0.05) is 30.0 Å². The Balaban J connectivity index is 0.00000441. The summed E-state index contributed by atoms with van der Waals surface area (Å²) in [5, 5.41) is 13.9. The number of aryl methyl sites for hydroxylation is 1. The third kappa shape index (κ3) is 7.11. The molecule has 0 aliphatic carbocycles. The van der Waals surface area contributed by atoms with E-state index in [4.69, 9.17) is 19.0 Å². The maximum Gasteiger partial charge on any atom is 0.519 e. The molecule has 0 fully saturated rings. The van der Waals surface area contributed by atoms with Crippen molar-refractivity contribution in [1.29, 1.82) is 5.41 Å². The number of carbonyl (C=O) groups is 2. The van der Waals surface area contributed by atoms with Crippen LogP contribution in [0.3, 0.4) is 0 Å². The zero-order valence-electron chi connectivity index (χ0n) is 21.0. The standard InChI is InChI=1S/C28H24N4O6S.H2/c1-17-24(38-28(35)37-17)16-36-27(34)32-23-15-19(39-25-9-4-3-8-21(25)26(33)30-2)11-12-20(23)22(29)13-10-18-7-5-6-14-31-18;/h3-15,29H,16H2,1-2H3,(H,30,33)(H,32,34);1H/b13-10+,29-22?;. The maximum absolute atomic E-state index is 12.7. The molecule has 2 aromatic heterocycles. The van der Waals surface area contributed by atoms with Crippen molar-refractivity contribution in [2.75, 3.05) is 12.4 Å². The van der Waals surface area contributed by atoms with Gasteiger partial charge in [-0.15, -0.1) is 0 Å². The molecule has 0 unspecified atom stereocenters. The van der Waals surface area contributed by atoms with Crippen molar-refractivity contribution in [2.24, 2.45) is 0 Å². The van der Waals surface area contributed by atoms with Gasteiger partial charge in [-0.05, 0) is 61.5 Å². The van der Waals surface area contributed by atoms with E-state index in [9.17, 15) is 14.4 Å². The number of rotatable bonds is 9. The van der Waals surface area contributed by atoms with Crippen molar-refractivity contribution in [1.82, 2.24) is 10.3 Å². The predicted molar refractivity (Wildman–Crippen MR) is 148 cm³/mol. The van der Waals surface area contributed by atoms with Crippen molar-refractivity contribution >= 4 is 41.2 Å². The van der Waals surface area contributed by atoms with E-state index in [2.05, 4.69) is 15.6 Å². The molecule has 0 bridgehead atoms. The predicted octanol–water partition coefficient (Wildman–Crippen LogP) is 5.52. The molecule has 4 rings (SSSR count). The Bertz CT molecular complexity index is 1600. The Morgan fingerprint density at radius 1 is 1.10 bits per heavy atom. The first kappa shape index (κ1) is 27.1. The highest BCUT2D eigenvalue weighted by Gasteiger charge is 2.16. The second-order valence-corrected chi connectivity index (χ2v) is 9.14. The second-order valence-electron chi connectivity index (χ2n) is 8.02. The Kier molecular flexibility index (Phi) is 8.75. The zero-order valence-corrected chi connectivity index (χ0v) is 21.8. The monoisotopic (exact) mass is 546 g/mol. The first-order chi connectivity index (χ1) is 18.8. The van der Waals surface area contributed by atoms with Gasteiger partial charge < -0.3 is 24.3 Å². The third-order valence-electron chi connectivity index (χ3n) is 5.38. The molecule has 4 aromatic rings. The number of amides is 2. The minimum Gasteiger partial charge on any atom is -0.441 e. The van der Waals surface area contributed by atoms with Gasteiger partial charge in [-0.1, -0.05) is 30.0 Å². The number of allylic oxidation sites excluding steroid dienone is 1. The largest absolute Gasteiger partial charge is 0.519 e. The van der Waals surface area contributed by atoms with Gasteiger partial charge in [-0.3, -0.25) is 15.1 Å². The highest BCUT2D eigenvalue weighted by atomic mass is 32.2. The number of anilines is 1. The van der Waals surface area contributed by atoms with Gasteiger partial charge in [0.2, 0.25) is 0 Å². The van der Waals surface area contributed by atoms with E-state index in [1.807, 2.05) is 18.2 Å². The molecular formula is C28H26N4O6S. The molecule has 0 aliphatic rings. The fourth-order valence-corrected chi connectivity index (χ4v) is 4.43. The molecule has 2 amide bonds. The van der Waals surface area contributed by atoms with Gasteiger partial charge in [0.25, 0.3) is 5.91 Å². The van der Waals surface area contributed by atoms with Crippen molar-refractivity contribution < 1.29 is 24.6 Å². The number of pyridine rings is 1. The van der Waals surface area contributed by atoms with Crippen LogP contribution in [0.25, 0.3) is 6.08 Å². The van der Waals surface area contributed by atoms with Gasteiger partial charge in [0.1, 0.15) is 0 Å². The molecule has 0 aliphatic heterocycles. The second kappa shape index (κ2) is 12.6. The van der Waals surface area contributed by atoms with Crippen LogP contribution in [0.5, 0.6) is 0 Å². The summed E-state index contributed by atoms with van der Waals surface area (Å²) in [5.74, 6) is -0.803. The minimum absolute atomic E-state index is 0. The van der Waals surface area contributed by atoms with Crippen LogP contribution in [0.15, 0.2) is 96.4 Å². The maximum atomic E-state index is 12.7. The molecule has 3 N–H and O–H groups in total. The SMILES string of the molecule is CNC(=O)c1ccccc1Sc1ccc(C(=N)/C=C/c2ccccn2)c(NC(=O)OCc2oc(=O)oc2C)c1.[HH]. The Hall–Kier alpha value is -4.90. The lowest BCUT2D eigenvalue weighted by atomic mass is 10.1. The molecular weight excluding hydrogens is 520 g/mol. The summed E-state index contributed by atoms with van der Waals surface area (Å²) in [6.07, 6.45) is 4.09. The average Bonchev–Trinajstić information content (AvgIpc) is 3.27. The van der Waals surface area contributed by atoms with Crippen molar-refractivity contribution in [3.8, 4) is 0 Å². The van der Waals surface area contributed by atoms with Crippen LogP contribution >= 0.6 is 11.8 Å². The number of benzene rings is 2.